The van der Waals surface area contributed by atoms with Gasteiger partial charge < -0.3 is 5.32 Å². The number of benzene rings is 3. The van der Waals surface area contributed by atoms with E-state index in [2.05, 4.69) is 5.32 Å². The second-order valence-electron chi connectivity index (χ2n) is 7.66. The van der Waals surface area contributed by atoms with Crippen molar-refractivity contribution in [1.29, 1.82) is 5.26 Å². The summed E-state index contributed by atoms with van der Waals surface area (Å²) in [5.74, 6) is -1.37. The molecule has 34 heavy (non-hydrogen) atoms. The molecule has 1 saturated heterocycles. The third-order valence-corrected chi connectivity index (χ3v) is 6.89. The maximum atomic E-state index is 13.5. The van der Waals surface area contributed by atoms with Crippen LogP contribution in [-0.4, -0.2) is 17.1 Å². The number of hydrogen-bond acceptors (Lipinski definition) is 4. The lowest BCUT2D eigenvalue weighted by atomic mass is 10.1. The minimum Gasteiger partial charge on any atom is -0.321 e. The molecule has 170 valence electrons. The zero-order chi connectivity index (χ0) is 24.2. The van der Waals surface area contributed by atoms with Crippen LogP contribution in [0.2, 0.25) is 5.02 Å². The lowest BCUT2D eigenvalue weighted by Gasteiger charge is -2.19. The van der Waals surface area contributed by atoms with Crippen molar-refractivity contribution in [3.8, 4) is 6.07 Å². The van der Waals surface area contributed by atoms with Gasteiger partial charge in [-0.1, -0.05) is 59.3 Å². The average molecular weight is 492 g/mol. The summed E-state index contributed by atoms with van der Waals surface area (Å²) in [6, 6.07) is 21.7. The van der Waals surface area contributed by atoms with Gasteiger partial charge in [0.2, 0.25) is 5.91 Å². The van der Waals surface area contributed by atoms with Gasteiger partial charge in [-0.3, -0.25) is 14.5 Å². The number of amides is 2. The lowest BCUT2D eigenvalue weighted by Crippen LogP contribution is -2.31. The first-order chi connectivity index (χ1) is 16.4. The Morgan fingerprint density at radius 2 is 1.79 bits per heavy atom. The van der Waals surface area contributed by atoms with Crippen LogP contribution in [0.5, 0.6) is 0 Å². The summed E-state index contributed by atoms with van der Waals surface area (Å²) >= 11 is 7.47. The number of rotatable bonds is 5. The van der Waals surface area contributed by atoms with Crippen molar-refractivity contribution < 1.29 is 14.0 Å². The Kier molecular flexibility index (Phi) is 7.01. The van der Waals surface area contributed by atoms with Crippen molar-refractivity contribution >= 4 is 46.6 Å². The molecule has 2 amide bonds. The molecule has 3 aromatic rings. The fraction of sp³-hybridized carbons (Fsp3) is 0.115. The van der Waals surface area contributed by atoms with E-state index >= 15 is 0 Å². The number of nitriles is 1. The number of nitrogens with zero attached hydrogens (tertiary/aromatic N) is 2. The van der Waals surface area contributed by atoms with Crippen molar-refractivity contribution in [2.45, 2.75) is 18.6 Å². The molecule has 5 nitrogen and oxygen atoms in total. The van der Waals surface area contributed by atoms with Gasteiger partial charge in [0, 0.05) is 16.4 Å². The van der Waals surface area contributed by atoms with Crippen LogP contribution in [0.25, 0.3) is 0 Å². The molecule has 0 radical (unpaired) electrons. The summed E-state index contributed by atoms with van der Waals surface area (Å²) in [7, 11) is 0. The number of thioether (sulfide) groups is 1. The van der Waals surface area contributed by atoms with E-state index in [0.29, 0.717) is 22.8 Å². The van der Waals surface area contributed by atoms with Crippen molar-refractivity contribution in [3.63, 3.8) is 0 Å². The van der Waals surface area contributed by atoms with Crippen LogP contribution in [0.3, 0.4) is 0 Å². The van der Waals surface area contributed by atoms with Gasteiger partial charge in [0.25, 0.3) is 5.91 Å². The second-order valence-corrected chi connectivity index (χ2v) is 9.26. The number of carbonyl (C=O) groups is 2. The average Bonchev–Trinajstić information content (AvgIpc) is 3.13. The van der Waals surface area contributed by atoms with Crippen LogP contribution < -0.4 is 10.2 Å². The van der Waals surface area contributed by atoms with Gasteiger partial charge in [0.1, 0.15) is 22.5 Å². The quantitative estimate of drug-likeness (QED) is 0.359. The highest BCUT2D eigenvalue weighted by molar-refractivity contribution is 8.05. The first-order valence-corrected chi connectivity index (χ1v) is 11.6. The van der Waals surface area contributed by atoms with Crippen LogP contribution >= 0.6 is 23.4 Å². The predicted octanol–water partition coefficient (Wildman–Crippen LogP) is 5.85. The molecule has 0 saturated carbocycles. The van der Waals surface area contributed by atoms with Crippen LogP contribution in [0.1, 0.15) is 11.1 Å². The van der Waals surface area contributed by atoms with E-state index in [1.54, 1.807) is 18.2 Å². The Balaban J connectivity index is 1.73. The Morgan fingerprint density at radius 3 is 2.44 bits per heavy atom. The molecule has 0 bridgehead atoms. The van der Waals surface area contributed by atoms with E-state index in [-0.39, 0.29) is 16.5 Å². The first-order valence-electron chi connectivity index (χ1n) is 10.4. The third kappa shape index (κ3) is 4.98. The molecular weight excluding hydrogens is 473 g/mol. The van der Waals surface area contributed by atoms with Gasteiger partial charge in [0.15, 0.2) is 0 Å². The van der Waals surface area contributed by atoms with Gasteiger partial charge in [0.05, 0.1) is 5.25 Å². The molecule has 0 unspecified atom stereocenters. The Labute approximate surface area is 205 Å². The van der Waals surface area contributed by atoms with E-state index in [0.717, 1.165) is 22.9 Å². The van der Waals surface area contributed by atoms with E-state index in [1.165, 1.54) is 29.2 Å². The zero-order valence-corrected chi connectivity index (χ0v) is 19.7. The molecule has 4 rings (SSSR count). The number of hydrogen-bond donors (Lipinski definition) is 1. The molecule has 1 fully saturated rings. The number of carbonyl (C=O) groups excluding carboxylic acids is 2. The molecule has 0 spiro atoms. The highest BCUT2D eigenvalue weighted by Gasteiger charge is 2.41. The van der Waals surface area contributed by atoms with E-state index in [1.807, 2.05) is 43.3 Å². The molecular formula is C26H19ClFN3O2S. The molecule has 1 aliphatic rings. The van der Waals surface area contributed by atoms with Crippen LogP contribution in [-0.2, 0) is 16.0 Å². The maximum Gasteiger partial charge on any atom is 0.269 e. The summed E-state index contributed by atoms with van der Waals surface area (Å²) < 4.78 is 13.2. The van der Waals surface area contributed by atoms with Gasteiger partial charge in [-0.25, -0.2) is 4.39 Å². The molecule has 0 aliphatic carbocycles. The highest BCUT2D eigenvalue weighted by atomic mass is 35.5. The number of halogens is 2. The van der Waals surface area contributed by atoms with Gasteiger partial charge in [-0.15, -0.1) is 0 Å². The van der Waals surface area contributed by atoms with Gasteiger partial charge in [-0.05, 0) is 61.4 Å². The Bertz CT molecular complexity index is 1320. The lowest BCUT2D eigenvalue weighted by molar-refractivity contribution is -0.117. The van der Waals surface area contributed by atoms with E-state index < -0.39 is 17.0 Å². The van der Waals surface area contributed by atoms with Crippen molar-refractivity contribution in [2.75, 3.05) is 10.2 Å². The summed E-state index contributed by atoms with van der Waals surface area (Å²) in [4.78, 5) is 27.9. The molecule has 3 aromatic carbocycles. The topological polar surface area (TPSA) is 73.2 Å². The second kappa shape index (κ2) is 10.1. The monoisotopic (exact) mass is 491 g/mol. The van der Waals surface area contributed by atoms with Crippen molar-refractivity contribution in [2.24, 2.45) is 0 Å². The standard InChI is InChI=1S/C26H19ClFN3O2S/c1-16-6-12-20(13-7-16)31-25(33)23(14-17-4-2-3-5-22(17)27)34-26(31)21(15-29)24(32)30-19-10-8-18(28)9-11-19/h2-13,23H,14H2,1H3,(H,30,32)/b26-21+/t23-/m1/s1. The fourth-order valence-electron chi connectivity index (χ4n) is 3.51. The summed E-state index contributed by atoms with van der Waals surface area (Å²) in [5.41, 5.74) is 2.50. The first kappa shape index (κ1) is 23.6. The van der Waals surface area contributed by atoms with Crippen molar-refractivity contribution in [3.05, 3.63) is 105 Å². The number of aryl methyl sites for hydroxylation is 1. The minimum atomic E-state index is -0.681. The Hall–Kier alpha value is -3.60. The van der Waals surface area contributed by atoms with Crippen LogP contribution in [0, 0.1) is 24.1 Å². The third-order valence-electron chi connectivity index (χ3n) is 5.26. The normalized spacial score (nSPS) is 16.8. The number of nitrogens with one attached hydrogen (secondary N) is 1. The van der Waals surface area contributed by atoms with Gasteiger partial charge in [-0.2, -0.15) is 5.26 Å². The fourth-order valence-corrected chi connectivity index (χ4v) is 5.01. The Morgan fingerprint density at radius 1 is 1.12 bits per heavy atom. The molecule has 8 heteroatoms. The summed E-state index contributed by atoms with van der Waals surface area (Å²) in [6.45, 7) is 1.93. The van der Waals surface area contributed by atoms with Gasteiger partial charge >= 0.3 is 0 Å². The van der Waals surface area contributed by atoms with E-state index in [4.69, 9.17) is 11.6 Å². The molecule has 1 N–H and O–H groups in total. The van der Waals surface area contributed by atoms with Crippen LogP contribution in [0.15, 0.2) is 83.4 Å². The van der Waals surface area contributed by atoms with Crippen molar-refractivity contribution in [1.82, 2.24) is 0 Å². The maximum absolute atomic E-state index is 13.5. The molecule has 1 atom stereocenters. The highest BCUT2D eigenvalue weighted by Crippen LogP contribution is 2.42. The molecule has 1 heterocycles. The number of anilines is 2. The smallest absolute Gasteiger partial charge is 0.269 e. The SMILES string of the molecule is Cc1ccc(N2C(=O)[C@@H](Cc3ccccc3Cl)S/C2=C(\C#N)C(=O)Nc2ccc(F)cc2)cc1. The molecule has 1 aliphatic heterocycles. The summed E-state index contributed by atoms with van der Waals surface area (Å²) in [6.07, 6.45) is 0.341. The largest absolute Gasteiger partial charge is 0.321 e. The van der Waals surface area contributed by atoms with Crippen LogP contribution in [0.4, 0.5) is 15.8 Å². The predicted molar refractivity (Wildman–Crippen MR) is 133 cm³/mol. The summed E-state index contributed by atoms with van der Waals surface area (Å²) in [5, 5.41) is 12.7. The zero-order valence-electron chi connectivity index (χ0n) is 18.1. The van der Waals surface area contributed by atoms with E-state index in [9.17, 15) is 19.2 Å². The minimum absolute atomic E-state index is 0.204. The molecule has 0 aromatic heterocycles.